The quantitative estimate of drug-likeness (QED) is 0.341. The molecule has 39 heavy (non-hydrogen) atoms. The standard InChI is InChI=1S/C31H30FN3O4/c32-26-10-4-5-11-27(26)34-17-15-33(16-18-34)20-29(36)35-14-6-9-24-25-19-23(38-21-22-7-2-1-3-8-22)12-13-28(25)39-31(37)30(24)35/h1-5,7-8,10-13,19H,6,9,14-18,20-21H2. The Morgan fingerprint density at radius 1 is 0.923 bits per heavy atom. The Labute approximate surface area is 226 Å². The molecule has 3 heterocycles. The lowest BCUT2D eigenvalue weighted by Crippen LogP contribution is -2.51. The van der Waals surface area contributed by atoms with Crippen molar-refractivity contribution in [1.82, 2.24) is 4.90 Å². The molecule has 2 aliphatic rings. The van der Waals surface area contributed by atoms with Crippen LogP contribution < -0.4 is 20.2 Å². The molecule has 0 aliphatic carbocycles. The van der Waals surface area contributed by atoms with E-state index in [2.05, 4.69) is 4.90 Å². The van der Waals surface area contributed by atoms with Crippen molar-refractivity contribution in [3.8, 4) is 5.75 Å². The molecule has 0 spiro atoms. The normalized spacial score (nSPS) is 15.8. The van der Waals surface area contributed by atoms with E-state index in [-0.39, 0.29) is 18.3 Å². The topological polar surface area (TPSA) is 66.2 Å². The summed E-state index contributed by atoms with van der Waals surface area (Å²) in [5.74, 6) is 0.316. The second-order valence-corrected chi connectivity index (χ2v) is 10.0. The maximum absolute atomic E-state index is 14.2. The van der Waals surface area contributed by atoms with Crippen LogP contribution in [0.25, 0.3) is 11.0 Å². The van der Waals surface area contributed by atoms with Crippen LogP contribution in [-0.4, -0.2) is 50.1 Å². The number of anilines is 2. The van der Waals surface area contributed by atoms with E-state index in [9.17, 15) is 14.0 Å². The summed E-state index contributed by atoms with van der Waals surface area (Å²) in [6, 6.07) is 22.1. The van der Waals surface area contributed by atoms with Crippen molar-refractivity contribution >= 4 is 28.3 Å². The van der Waals surface area contributed by atoms with Crippen molar-refractivity contribution in [2.75, 3.05) is 49.1 Å². The van der Waals surface area contributed by atoms with Gasteiger partial charge in [0.15, 0.2) is 0 Å². The number of rotatable bonds is 6. The third kappa shape index (κ3) is 5.25. The lowest BCUT2D eigenvalue weighted by Gasteiger charge is -2.37. The number of carbonyl (C=O) groups excluding carboxylic acids is 1. The molecule has 1 aromatic heterocycles. The number of halogens is 1. The van der Waals surface area contributed by atoms with Crippen LogP contribution in [-0.2, 0) is 17.8 Å². The van der Waals surface area contributed by atoms with Gasteiger partial charge in [0.05, 0.1) is 12.2 Å². The zero-order valence-corrected chi connectivity index (χ0v) is 21.6. The molecule has 200 valence electrons. The van der Waals surface area contributed by atoms with Gasteiger partial charge in [-0.15, -0.1) is 0 Å². The monoisotopic (exact) mass is 527 g/mol. The molecule has 0 unspecified atom stereocenters. The zero-order valence-electron chi connectivity index (χ0n) is 21.6. The predicted molar refractivity (Wildman–Crippen MR) is 149 cm³/mol. The Bertz CT molecular complexity index is 1550. The average molecular weight is 528 g/mol. The third-order valence-electron chi connectivity index (χ3n) is 7.51. The van der Waals surface area contributed by atoms with Gasteiger partial charge in [0, 0.05) is 38.1 Å². The van der Waals surface area contributed by atoms with E-state index in [0.29, 0.717) is 68.5 Å². The number of aryl methyl sites for hydroxylation is 1. The Morgan fingerprint density at radius 3 is 2.49 bits per heavy atom. The fourth-order valence-electron chi connectivity index (χ4n) is 5.50. The molecule has 0 bridgehead atoms. The van der Waals surface area contributed by atoms with E-state index in [1.54, 1.807) is 29.2 Å². The fraction of sp³-hybridized carbons (Fsp3) is 0.290. The molecule has 1 amide bonds. The summed E-state index contributed by atoms with van der Waals surface area (Å²) in [5, 5.41) is 0.797. The Balaban J connectivity index is 1.18. The van der Waals surface area contributed by atoms with E-state index in [1.165, 1.54) is 6.07 Å². The summed E-state index contributed by atoms with van der Waals surface area (Å²) in [7, 11) is 0. The minimum atomic E-state index is -0.493. The van der Waals surface area contributed by atoms with Gasteiger partial charge in [-0.05, 0) is 54.3 Å². The molecular formula is C31H30FN3O4. The van der Waals surface area contributed by atoms with E-state index in [0.717, 1.165) is 22.9 Å². The molecule has 8 heteroatoms. The van der Waals surface area contributed by atoms with Crippen LogP contribution in [0.3, 0.4) is 0 Å². The molecule has 0 N–H and O–H groups in total. The summed E-state index contributed by atoms with van der Waals surface area (Å²) >= 11 is 0. The van der Waals surface area contributed by atoms with Crippen LogP contribution in [0.1, 0.15) is 17.5 Å². The second-order valence-electron chi connectivity index (χ2n) is 10.0. The van der Waals surface area contributed by atoms with Gasteiger partial charge in [-0.1, -0.05) is 42.5 Å². The number of benzene rings is 3. The van der Waals surface area contributed by atoms with E-state index in [4.69, 9.17) is 9.15 Å². The third-order valence-corrected chi connectivity index (χ3v) is 7.51. The van der Waals surface area contributed by atoms with Gasteiger partial charge in [0.25, 0.3) is 0 Å². The number of nitrogens with zero attached hydrogens (tertiary/aromatic N) is 3. The minimum absolute atomic E-state index is 0.126. The SMILES string of the molecule is O=C(CN1CCN(c2ccccc2F)CC1)N1CCCc2c1c(=O)oc1ccc(OCc3ccccc3)cc21. The Kier molecular flexibility index (Phi) is 7.02. The van der Waals surface area contributed by atoms with Crippen molar-refractivity contribution in [2.24, 2.45) is 0 Å². The smallest absolute Gasteiger partial charge is 0.360 e. The number of hydrogen-bond acceptors (Lipinski definition) is 6. The van der Waals surface area contributed by atoms with Crippen LogP contribution in [0, 0.1) is 5.82 Å². The number of ether oxygens (including phenoxy) is 1. The molecule has 0 atom stereocenters. The maximum Gasteiger partial charge on any atom is 0.360 e. The number of piperazine rings is 1. The highest BCUT2D eigenvalue weighted by molar-refractivity contribution is 5.98. The van der Waals surface area contributed by atoms with Crippen LogP contribution in [0.15, 0.2) is 82.0 Å². The number of hydrogen-bond donors (Lipinski definition) is 0. The molecule has 3 aromatic carbocycles. The molecule has 7 nitrogen and oxygen atoms in total. The second kappa shape index (κ2) is 10.9. The largest absolute Gasteiger partial charge is 0.489 e. The van der Waals surface area contributed by atoms with Crippen molar-refractivity contribution in [3.63, 3.8) is 0 Å². The van der Waals surface area contributed by atoms with Gasteiger partial charge >= 0.3 is 5.63 Å². The van der Waals surface area contributed by atoms with Crippen molar-refractivity contribution in [1.29, 1.82) is 0 Å². The molecule has 4 aromatic rings. The van der Waals surface area contributed by atoms with Gasteiger partial charge in [0.2, 0.25) is 5.91 Å². The fourth-order valence-corrected chi connectivity index (χ4v) is 5.50. The van der Waals surface area contributed by atoms with Crippen LogP contribution in [0.4, 0.5) is 15.8 Å². The molecule has 0 saturated carbocycles. The van der Waals surface area contributed by atoms with Crippen molar-refractivity contribution in [2.45, 2.75) is 19.4 Å². The van der Waals surface area contributed by atoms with Gasteiger partial charge in [0.1, 0.15) is 29.4 Å². The van der Waals surface area contributed by atoms with Crippen LogP contribution >= 0.6 is 0 Å². The highest BCUT2D eigenvalue weighted by Crippen LogP contribution is 2.33. The summed E-state index contributed by atoms with van der Waals surface area (Å²) < 4.78 is 25.9. The molecular weight excluding hydrogens is 497 g/mol. The zero-order chi connectivity index (χ0) is 26.8. The highest BCUT2D eigenvalue weighted by Gasteiger charge is 2.30. The van der Waals surface area contributed by atoms with Gasteiger partial charge < -0.3 is 19.0 Å². The lowest BCUT2D eigenvalue weighted by atomic mass is 9.98. The summed E-state index contributed by atoms with van der Waals surface area (Å²) in [6.45, 7) is 3.63. The molecule has 6 rings (SSSR count). The first-order valence-electron chi connectivity index (χ1n) is 13.4. The molecule has 2 aliphatic heterocycles. The first-order valence-corrected chi connectivity index (χ1v) is 13.4. The number of fused-ring (bicyclic) bond motifs is 3. The number of amides is 1. The van der Waals surface area contributed by atoms with E-state index in [1.807, 2.05) is 47.4 Å². The highest BCUT2D eigenvalue weighted by atomic mass is 19.1. The number of para-hydroxylation sites is 1. The van der Waals surface area contributed by atoms with Crippen molar-refractivity contribution in [3.05, 3.63) is 100 Å². The van der Waals surface area contributed by atoms with E-state index < -0.39 is 5.63 Å². The van der Waals surface area contributed by atoms with Gasteiger partial charge in [-0.3, -0.25) is 9.69 Å². The van der Waals surface area contributed by atoms with Crippen molar-refractivity contribution < 1.29 is 18.3 Å². The molecule has 1 fully saturated rings. The summed E-state index contributed by atoms with van der Waals surface area (Å²) in [4.78, 5) is 32.2. The first-order chi connectivity index (χ1) is 19.1. The van der Waals surface area contributed by atoms with E-state index >= 15 is 0 Å². The summed E-state index contributed by atoms with van der Waals surface area (Å²) in [5.41, 5.74) is 2.81. The predicted octanol–water partition coefficient (Wildman–Crippen LogP) is 4.61. The number of carbonyl (C=O) groups is 1. The van der Waals surface area contributed by atoms with Crippen LogP contribution in [0.2, 0.25) is 0 Å². The van der Waals surface area contributed by atoms with Gasteiger partial charge in [-0.25, -0.2) is 9.18 Å². The Morgan fingerprint density at radius 2 is 1.69 bits per heavy atom. The molecule has 1 saturated heterocycles. The Hall–Kier alpha value is -4.17. The summed E-state index contributed by atoms with van der Waals surface area (Å²) in [6.07, 6.45) is 1.44. The van der Waals surface area contributed by atoms with Crippen LogP contribution in [0.5, 0.6) is 5.75 Å². The average Bonchev–Trinajstić information content (AvgIpc) is 2.97. The lowest BCUT2D eigenvalue weighted by molar-refractivity contribution is -0.119. The first kappa shape index (κ1) is 25.1. The van der Waals surface area contributed by atoms with Gasteiger partial charge in [-0.2, -0.15) is 0 Å². The minimum Gasteiger partial charge on any atom is -0.489 e. The molecule has 0 radical (unpaired) electrons. The maximum atomic E-state index is 14.2.